The number of hydrogen-bond donors (Lipinski definition) is 1. The summed E-state index contributed by atoms with van der Waals surface area (Å²) >= 11 is 0. The van der Waals surface area contributed by atoms with Gasteiger partial charge < -0.3 is 14.8 Å². The maximum absolute atomic E-state index is 13.2. The lowest BCUT2D eigenvalue weighted by molar-refractivity contribution is -0.136. The Morgan fingerprint density at radius 1 is 0.903 bits per heavy atom. The summed E-state index contributed by atoms with van der Waals surface area (Å²) in [7, 11) is 1.60. The Hall–Kier alpha value is -3.12. The summed E-state index contributed by atoms with van der Waals surface area (Å²) in [4.78, 5) is 27.6. The molecule has 0 saturated carbocycles. The Balaban J connectivity index is 1.92. The van der Waals surface area contributed by atoms with Crippen LogP contribution in [0.5, 0.6) is 5.75 Å². The van der Waals surface area contributed by atoms with Gasteiger partial charge in [-0.2, -0.15) is 0 Å². The van der Waals surface area contributed by atoms with Gasteiger partial charge in [0.1, 0.15) is 11.4 Å². The van der Waals surface area contributed by atoms with Crippen LogP contribution in [0, 0.1) is 0 Å². The van der Waals surface area contributed by atoms with Crippen LogP contribution in [0.1, 0.15) is 37.8 Å². The molecule has 1 heterocycles. The van der Waals surface area contributed by atoms with Crippen molar-refractivity contribution in [2.45, 2.75) is 33.1 Å². The maximum Gasteiger partial charge on any atom is 0.278 e. The van der Waals surface area contributed by atoms with E-state index in [9.17, 15) is 9.59 Å². The van der Waals surface area contributed by atoms with Crippen LogP contribution in [-0.2, 0) is 20.7 Å². The fourth-order valence-electron chi connectivity index (χ4n) is 3.44. The number of ether oxygens (including phenoxy) is 2. The van der Waals surface area contributed by atoms with E-state index in [0.29, 0.717) is 43.0 Å². The Kier molecular flexibility index (Phi) is 7.84. The molecule has 164 valence electrons. The predicted octanol–water partition coefficient (Wildman–Crippen LogP) is 4.27. The quantitative estimate of drug-likeness (QED) is 0.433. The molecule has 2 amide bonds. The molecule has 3 rings (SSSR count). The summed E-state index contributed by atoms with van der Waals surface area (Å²) in [5, 5.41) is 3.20. The second-order valence-electron chi connectivity index (χ2n) is 7.41. The molecule has 0 saturated heterocycles. The van der Waals surface area contributed by atoms with Gasteiger partial charge in [-0.1, -0.05) is 38.1 Å². The van der Waals surface area contributed by atoms with Crippen molar-refractivity contribution in [1.29, 1.82) is 0 Å². The molecule has 6 heteroatoms. The van der Waals surface area contributed by atoms with Gasteiger partial charge in [-0.05, 0) is 54.7 Å². The molecular formula is C25H30N2O4. The zero-order valence-corrected chi connectivity index (χ0v) is 18.4. The predicted molar refractivity (Wildman–Crippen MR) is 122 cm³/mol. The highest BCUT2D eigenvalue weighted by Gasteiger charge is 2.38. The Morgan fingerprint density at radius 2 is 1.61 bits per heavy atom. The molecule has 31 heavy (non-hydrogen) atoms. The van der Waals surface area contributed by atoms with Crippen molar-refractivity contribution in [2.24, 2.45) is 0 Å². The van der Waals surface area contributed by atoms with Crippen LogP contribution in [0.15, 0.2) is 54.2 Å². The standard InChI is InChI=1S/C25H30N2O4/c1-4-16-31-21-13-9-19(10-14-21)22-23(26-20-11-7-18(5-2)8-12-20)25(29)27(24(22)28)15-6-17-30-3/h7-14,26H,4-6,15-17H2,1-3H3. The van der Waals surface area contributed by atoms with E-state index < -0.39 is 0 Å². The molecule has 0 radical (unpaired) electrons. The minimum atomic E-state index is -0.318. The maximum atomic E-state index is 13.2. The SMILES string of the molecule is CCCOc1ccc(C2=C(Nc3ccc(CC)cc3)C(=O)N(CCCOC)C2=O)cc1. The third-order valence-electron chi connectivity index (χ3n) is 5.15. The summed E-state index contributed by atoms with van der Waals surface area (Å²) in [6, 6.07) is 15.2. The highest BCUT2D eigenvalue weighted by Crippen LogP contribution is 2.31. The van der Waals surface area contributed by atoms with Gasteiger partial charge in [0.2, 0.25) is 0 Å². The van der Waals surface area contributed by atoms with E-state index >= 15 is 0 Å². The lowest BCUT2D eigenvalue weighted by Gasteiger charge is -2.15. The summed E-state index contributed by atoms with van der Waals surface area (Å²) < 4.78 is 10.7. The zero-order valence-electron chi connectivity index (χ0n) is 18.4. The molecule has 0 bridgehead atoms. The Bertz CT molecular complexity index is 933. The van der Waals surface area contributed by atoms with Crippen LogP contribution >= 0.6 is 0 Å². The number of hydrogen-bond acceptors (Lipinski definition) is 5. The lowest BCUT2D eigenvalue weighted by atomic mass is 10.0. The molecule has 0 aliphatic carbocycles. The lowest BCUT2D eigenvalue weighted by Crippen LogP contribution is -2.33. The average Bonchev–Trinajstić information content (AvgIpc) is 3.03. The van der Waals surface area contributed by atoms with E-state index in [1.807, 2.05) is 55.5 Å². The molecule has 6 nitrogen and oxygen atoms in total. The second-order valence-corrected chi connectivity index (χ2v) is 7.41. The molecule has 0 fully saturated rings. The smallest absolute Gasteiger partial charge is 0.278 e. The minimum absolute atomic E-state index is 0.295. The van der Waals surface area contributed by atoms with E-state index in [-0.39, 0.29) is 11.8 Å². The van der Waals surface area contributed by atoms with Crippen molar-refractivity contribution in [3.8, 4) is 5.75 Å². The van der Waals surface area contributed by atoms with E-state index in [1.54, 1.807) is 7.11 Å². The normalized spacial score (nSPS) is 13.8. The van der Waals surface area contributed by atoms with Crippen molar-refractivity contribution in [1.82, 2.24) is 4.90 Å². The van der Waals surface area contributed by atoms with Crippen LogP contribution in [0.2, 0.25) is 0 Å². The highest BCUT2D eigenvalue weighted by molar-refractivity contribution is 6.36. The van der Waals surface area contributed by atoms with Gasteiger partial charge in [-0.15, -0.1) is 0 Å². The number of anilines is 1. The molecule has 0 aromatic heterocycles. The van der Waals surface area contributed by atoms with Crippen molar-refractivity contribution < 1.29 is 19.1 Å². The molecule has 2 aromatic carbocycles. The van der Waals surface area contributed by atoms with E-state index in [0.717, 1.165) is 24.3 Å². The first-order chi connectivity index (χ1) is 15.1. The van der Waals surface area contributed by atoms with Crippen molar-refractivity contribution in [2.75, 3.05) is 32.2 Å². The topological polar surface area (TPSA) is 67.9 Å². The molecule has 1 N–H and O–H groups in total. The van der Waals surface area contributed by atoms with Crippen LogP contribution < -0.4 is 10.1 Å². The molecule has 2 aromatic rings. The first kappa shape index (κ1) is 22.6. The van der Waals surface area contributed by atoms with Gasteiger partial charge in [0, 0.05) is 25.9 Å². The molecule has 1 aliphatic rings. The number of imide groups is 1. The van der Waals surface area contributed by atoms with Gasteiger partial charge in [0.25, 0.3) is 11.8 Å². The third-order valence-corrected chi connectivity index (χ3v) is 5.15. The largest absolute Gasteiger partial charge is 0.494 e. The van der Waals surface area contributed by atoms with E-state index in [1.165, 1.54) is 10.5 Å². The first-order valence-electron chi connectivity index (χ1n) is 10.8. The van der Waals surface area contributed by atoms with Crippen molar-refractivity contribution >= 4 is 23.1 Å². The number of methoxy groups -OCH3 is 1. The van der Waals surface area contributed by atoms with Gasteiger partial charge >= 0.3 is 0 Å². The second kappa shape index (κ2) is 10.8. The molecular weight excluding hydrogens is 392 g/mol. The number of carbonyl (C=O) groups excluding carboxylic acids is 2. The van der Waals surface area contributed by atoms with Crippen LogP contribution in [0.25, 0.3) is 5.57 Å². The number of benzene rings is 2. The number of carbonyl (C=O) groups is 2. The fourth-order valence-corrected chi connectivity index (χ4v) is 3.44. The van der Waals surface area contributed by atoms with Crippen molar-refractivity contribution in [3.05, 3.63) is 65.4 Å². The van der Waals surface area contributed by atoms with Crippen molar-refractivity contribution in [3.63, 3.8) is 0 Å². The third kappa shape index (κ3) is 5.33. The molecule has 0 spiro atoms. The van der Waals surface area contributed by atoms with E-state index in [2.05, 4.69) is 12.2 Å². The van der Waals surface area contributed by atoms with Gasteiger partial charge in [-0.25, -0.2) is 0 Å². The van der Waals surface area contributed by atoms with Gasteiger partial charge in [0.05, 0.1) is 12.2 Å². The minimum Gasteiger partial charge on any atom is -0.494 e. The number of nitrogens with zero attached hydrogens (tertiary/aromatic N) is 1. The monoisotopic (exact) mass is 422 g/mol. The molecule has 0 atom stereocenters. The molecule has 0 unspecified atom stereocenters. The van der Waals surface area contributed by atoms with Crippen LogP contribution in [-0.4, -0.2) is 43.6 Å². The van der Waals surface area contributed by atoms with E-state index in [4.69, 9.17) is 9.47 Å². The van der Waals surface area contributed by atoms with Gasteiger partial charge in [-0.3, -0.25) is 14.5 Å². The summed E-state index contributed by atoms with van der Waals surface area (Å²) in [5.74, 6) is 0.127. The number of aryl methyl sites for hydroxylation is 1. The first-order valence-corrected chi connectivity index (χ1v) is 10.8. The number of amides is 2. The highest BCUT2D eigenvalue weighted by atomic mass is 16.5. The van der Waals surface area contributed by atoms with Gasteiger partial charge in [0.15, 0.2) is 0 Å². The molecule has 1 aliphatic heterocycles. The summed E-state index contributed by atoms with van der Waals surface area (Å²) in [6.45, 7) is 5.57. The Labute approximate surface area is 183 Å². The summed E-state index contributed by atoms with van der Waals surface area (Å²) in [6.07, 6.45) is 2.44. The van der Waals surface area contributed by atoms with Crippen LogP contribution in [0.3, 0.4) is 0 Å². The zero-order chi connectivity index (χ0) is 22.2. The average molecular weight is 423 g/mol. The number of nitrogens with one attached hydrogen (secondary N) is 1. The number of rotatable bonds is 11. The fraction of sp³-hybridized carbons (Fsp3) is 0.360. The van der Waals surface area contributed by atoms with Crippen LogP contribution in [0.4, 0.5) is 5.69 Å². The Morgan fingerprint density at radius 3 is 2.23 bits per heavy atom. The summed E-state index contributed by atoms with van der Waals surface area (Å²) in [5.41, 5.74) is 3.34.